The van der Waals surface area contributed by atoms with Gasteiger partial charge in [0.05, 0.1) is 0 Å². The highest BCUT2D eigenvalue weighted by Gasteiger charge is 2.41. The fourth-order valence-corrected chi connectivity index (χ4v) is 3.44. The van der Waals surface area contributed by atoms with Gasteiger partial charge in [-0.05, 0) is 62.6 Å². The Balaban J connectivity index is 2.15. The molecule has 1 aliphatic rings. The first-order valence-corrected chi connectivity index (χ1v) is 8.27. The van der Waals surface area contributed by atoms with Crippen molar-refractivity contribution < 1.29 is 9.53 Å². The average Bonchev–Trinajstić information content (AvgIpc) is 2.45. The minimum atomic E-state index is -0.588. The van der Waals surface area contributed by atoms with E-state index in [2.05, 4.69) is 6.92 Å². The summed E-state index contributed by atoms with van der Waals surface area (Å²) in [5.74, 6) is 0.872. The highest BCUT2D eigenvalue weighted by molar-refractivity contribution is 6.31. The topological polar surface area (TPSA) is 26.3 Å². The largest absolute Gasteiger partial charge is 0.367 e. The number of rotatable bonds is 5. The van der Waals surface area contributed by atoms with E-state index in [-0.39, 0.29) is 5.78 Å². The molecule has 1 saturated carbocycles. The third-order valence-electron chi connectivity index (χ3n) is 4.57. The molecule has 2 rings (SSSR count). The lowest BCUT2D eigenvalue weighted by atomic mass is 9.75. The van der Waals surface area contributed by atoms with Gasteiger partial charge in [0.25, 0.3) is 0 Å². The molecule has 0 aromatic heterocycles. The third kappa shape index (κ3) is 3.87. The number of hydrogen-bond donors (Lipinski definition) is 0. The third-order valence-corrected chi connectivity index (χ3v) is 4.92. The molecule has 1 fully saturated rings. The van der Waals surface area contributed by atoms with E-state index in [1.807, 2.05) is 32.0 Å². The molecular weight excluding hydrogens is 284 g/mol. The van der Waals surface area contributed by atoms with Crippen LogP contribution in [0.1, 0.15) is 50.7 Å². The zero-order chi connectivity index (χ0) is 15.5. The van der Waals surface area contributed by atoms with Crippen molar-refractivity contribution in [1.82, 2.24) is 0 Å². The summed E-state index contributed by atoms with van der Waals surface area (Å²) < 4.78 is 5.92. The molecule has 0 unspecified atom stereocenters. The molecule has 0 saturated heterocycles. The Hall–Kier alpha value is -0.860. The van der Waals surface area contributed by atoms with Gasteiger partial charge in [-0.2, -0.15) is 0 Å². The van der Waals surface area contributed by atoms with Crippen LogP contribution in [-0.4, -0.2) is 18.0 Å². The molecule has 1 aromatic carbocycles. The first kappa shape index (κ1) is 16.5. The van der Waals surface area contributed by atoms with Crippen molar-refractivity contribution in [3.8, 4) is 0 Å². The van der Waals surface area contributed by atoms with Gasteiger partial charge in [-0.3, -0.25) is 4.79 Å². The van der Waals surface area contributed by atoms with Gasteiger partial charge < -0.3 is 4.74 Å². The Bertz CT molecular complexity index is 502. The van der Waals surface area contributed by atoms with Gasteiger partial charge in [0.1, 0.15) is 5.60 Å². The minimum absolute atomic E-state index is 0.182. The van der Waals surface area contributed by atoms with Crippen LogP contribution in [0.3, 0.4) is 0 Å². The molecule has 0 bridgehead atoms. The fourth-order valence-electron chi connectivity index (χ4n) is 3.14. The number of ketones is 1. The standard InChI is InChI=1S/C18H25ClO2/c1-4-21-18(9-7-13(2)8-10-18)17(20)12-15-6-5-14(3)11-16(15)19/h5-6,11,13H,4,7-10,12H2,1-3H3. The quantitative estimate of drug-likeness (QED) is 0.785. The van der Waals surface area contributed by atoms with Crippen LogP contribution in [0.2, 0.25) is 5.02 Å². The van der Waals surface area contributed by atoms with E-state index in [1.54, 1.807) is 0 Å². The van der Waals surface area contributed by atoms with Crippen LogP contribution < -0.4 is 0 Å². The summed E-state index contributed by atoms with van der Waals surface area (Å²) in [6, 6.07) is 5.88. The van der Waals surface area contributed by atoms with Crippen LogP contribution in [0.15, 0.2) is 18.2 Å². The molecule has 21 heavy (non-hydrogen) atoms. The summed E-state index contributed by atoms with van der Waals surface area (Å²) in [7, 11) is 0. The number of Topliss-reactive ketones (excluding diaryl/α,β-unsaturated/α-hetero) is 1. The molecule has 0 N–H and O–H groups in total. The van der Waals surface area contributed by atoms with Crippen LogP contribution in [0.25, 0.3) is 0 Å². The SMILES string of the molecule is CCOC1(C(=O)Cc2ccc(C)cc2Cl)CCC(C)CC1. The summed E-state index contributed by atoms with van der Waals surface area (Å²) in [5, 5.41) is 0.680. The summed E-state index contributed by atoms with van der Waals surface area (Å²) in [5.41, 5.74) is 1.43. The van der Waals surface area contributed by atoms with Crippen LogP contribution in [0, 0.1) is 12.8 Å². The van der Waals surface area contributed by atoms with E-state index in [4.69, 9.17) is 16.3 Å². The molecule has 0 atom stereocenters. The molecule has 0 radical (unpaired) electrons. The highest BCUT2D eigenvalue weighted by Crippen LogP contribution is 2.36. The van der Waals surface area contributed by atoms with E-state index < -0.39 is 5.60 Å². The number of aryl methyl sites for hydroxylation is 1. The maximum atomic E-state index is 12.8. The van der Waals surface area contributed by atoms with Crippen molar-refractivity contribution in [3.63, 3.8) is 0 Å². The lowest BCUT2D eigenvalue weighted by molar-refractivity contribution is -0.149. The average molecular weight is 309 g/mol. The van der Waals surface area contributed by atoms with E-state index in [1.165, 1.54) is 0 Å². The number of carbonyl (C=O) groups excluding carboxylic acids is 1. The maximum Gasteiger partial charge on any atom is 0.169 e. The molecule has 0 spiro atoms. The van der Waals surface area contributed by atoms with Gasteiger partial charge in [0.2, 0.25) is 0 Å². The number of hydrogen-bond acceptors (Lipinski definition) is 2. The van der Waals surface area contributed by atoms with E-state index in [0.717, 1.165) is 36.8 Å². The summed E-state index contributed by atoms with van der Waals surface area (Å²) in [6.07, 6.45) is 4.17. The highest BCUT2D eigenvalue weighted by atomic mass is 35.5. The first-order valence-electron chi connectivity index (χ1n) is 7.89. The number of carbonyl (C=O) groups is 1. The molecule has 116 valence electrons. The normalized spacial score (nSPS) is 25.8. The van der Waals surface area contributed by atoms with Gasteiger partial charge in [-0.25, -0.2) is 0 Å². The second kappa shape index (κ2) is 6.93. The Morgan fingerprint density at radius 3 is 2.62 bits per heavy atom. The summed E-state index contributed by atoms with van der Waals surface area (Å²) in [6.45, 7) is 6.80. The number of benzene rings is 1. The van der Waals surface area contributed by atoms with Crippen molar-refractivity contribution in [3.05, 3.63) is 34.3 Å². The zero-order valence-electron chi connectivity index (χ0n) is 13.2. The van der Waals surface area contributed by atoms with Crippen molar-refractivity contribution in [2.24, 2.45) is 5.92 Å². The lowest BCUT2D eigenvalue weighted by Crippen LogP contribution is -2.45. The zero-order valence-corrected chi connectivity index (χ0v) is 14.0. The van der Waals surface area contributed by atoms with Gasteiger partial charge in [0.15, 0.2) is 5.78 Å². The van der Waals surface area contributed by atoms with E-state index in [9.17, 15) is 4.79 Å². The van der Waals surface area contributed by atoms with Crippen molar-refractivity contribution in [1.29, 1.82) is 0 Å². The first-order chi connectivity index (χ1) is 9.97. The second-order valence-electron chi connectivity index (χ2n) is 6.30. The summed E-state index contributed by atoms with van der Waals surface area (Å²) >= 11 is 6.27. The second-order valence-corrected chi connectivity index (χ2v) is 6.71. The smallest absolute Gasteiger partial charge is 0.169 e. The Labute approximate surface area is 132 Å². The fraction of sp³-hybridized carbons (Fsp3) is 0.611. The van der Waals surface area contributed by atoms with Gasteiger partial charge in [0, 0.05) is 18.1 Å². The molecule has 0 heterocycles. The Morgan fingerprint density at radius 2 is 2.05 bits per heavy atom. The van der Waals surface area contributed by atoms with E-state index in [0.29, 0.717) is 24.0 Å². The van der Waals surface area contributed by atoms with Crippen LogP contribution in [0.4, 0.5) is 0 Å². The molecular formula is C18H25ClO2. The van der Waals surface area contributed by atoms with Gasteiger partial charge in [-0.15, -0.1) is 0 Å². The van der Waals surface area contributed by atoms with Crippen LogP contribution in [0.5, 0.6) is 0 Å². The molecule has 0 amide bonds. The molecule has 1 aromatic rings. The monoisotopic (exact) mass is 308 g/mol. The molecule has 0 aliphatic heterocycles. The predicted octanol–water partition coefficient (Wildman–Crippen LogP) is 4.75. The summed E-state index contributed by atoms with van der Waals surface area (Å²) in [4.78, 5) is 12.8. The lowest BCUT2D eigenvalue weighted by Gasteiger charge is -2.38. The van der Waals surface area contributed by atoms with Crippen LogP contribution in [-0.2, 0) is 16.0 Å². The van der Waals surface area contributed by atoms with Crippen molar-refractivity contribution >= 4 is 17.4 Å². The van der Waals surface area contributed by atoms with Gasteiger partial charge >= 0.3 is 0 Å². The van der Waals surface area contributed by atoms with E-state index >= 15 is 0 Å². The predicted molar refractivity (Wildman–Crippen MR) is 86.9 cm³/mol. The van der Waals surface area contributed by atoms with Crippen molar-refractivity contribution in [2.75, 3.05) is 6.61 Å². The molecule has 2 nitrogen and oxygen atoms in total. The van der Waals surface area contributed by atoms with Gasteiger partial charge in [-0.1, -0.05) is 30.7 Å². The maximum absolute atomic E-state index is 12.8. The van der Waals surface area contributed by atoms with Crippen molar-refractivity contribution in [2.45, 2.75) is 58.5 Å². The Kier molecular flexibility index (Phi) is 5.45. The number of ether oxygens (including phenoxy) is 1. The Morgan fingerprint density at radius 1 is 1.38 bits per heavy atom. The minimum Gasteiger partial charge on any atom is -0.367 e. The van der Waals surface area contributed by atoms with Crippen LogP contribution >= 0.6 is 11.6 Å². The molecule has 1 aliphatic carbocycles. The molecule has 3 heteroatoms. The number of halogens is 1.